The molecule has 0 bridgehead atoms. The molecule has 1 aliphatic rings. The molecule has 1 saturated heterocycles. The third kappa shape index (κ3) is 1.97. The summed E-state index contributed by atoms with van der Waals surface area (Å²) in [4.78, 5) is 8.73. The summed E-state index contributed by atoms with van der Waals surface area (Å²) in [5, 5.41) is 3.42. The maximum atomic E-state index is 4.44. The van der Waals surface area contributed by atoms with Crippen LogP contribution in [0.4, 0.5) is 0 Å². The molecule has 0 spiro atoms. The molecule has 3 rings (SSSR count). The molecule has 2 aromatic rings. The molecule has 1 fully saturated rings. The number of halogens is 1. The minimum atomic E-state index is 0.144. The molecule has 1 atom stereocenters. The van der Waals surface area contributed by atoms with Gasteiger partial charge in [0.1, 0.15) is 12.1 Å². The van der Waals surface area contributed by atoms with Gasteiger partial charge in [-0.25, -0.2) is 9.97 Å². The lowest BCUT2D eigenvalue weighted by Crippen LogP contribution is -2.27. The average Bonchev–Trinajstić information content (AvgIpc) is 2.99. The van der Waals surface area contributed by atoms with Crippen molar-refractivity contribution in [2.45, 2.75) is 18.8 Å². The van der Waals surface area contributed by atoms with E-state index < -0.39 is 0 Å². The highest BCUT2D eigenvalue weighted by molar-refractivity contribution is 9.10. The largest absolute Gasteiger partial charge is 0.316 e. The van der Waals surface area contributed by atoms with Crippen LogP contribution >= 0.6 is 15.9 Å². The van der Waals surface area contributed by atoms with Crippen LogP contribution in [0.15, 0.2) is 35.3 Å². The molecule has 2 aromatic heterocycles. The molecule has 94 valence electrons. The highest BCUT2D eigenvalue weighted by Gasteiger charge is 2.33. The molecule has 0 radical (unpaired) electrons. The van der Waals surface area contributed by atoms with E-state index in [0.29, 0.717) is 0 Å². The van der Waals surface area contributed by atoms with Crippen molar-refractivity contribution in [3.05, 3.63) is 41.0 Å². The molecule has 1 N–H and O–H groups in total. The van der Waals surface area contributed by atoms with Crippen LogP contribution in [-0.4, -0.2) is 27.6 Å². The van der Waals surface area contributed by atoms with Crippen LogP contribution < -0.4 is 5.32 Å². The predicted octanol–water partition coefficient (Wildman–Crippen LogP) is 2.28. The minimum Gasteiger partial charge on any atom is -0.316 e. The van der Waals surface area contributed by atoms with Crippen LogP contribution in [0.5, 0.6) is 0 Å². The Balaban J connectivity index is 2.03. The Morgan fingerprint density at radius 3 is 2.94 bits per heavy atom. The third-order valence-electron chi connectivity index (χ3n) is 3.58. The predicted molar refractivity (Wildman–Crippen MR) is 73.9 cm³/mol. The molecule has 1 aliphatic heterocycles. The number of imidazole rings is 1. The Kier molecular flexibility index (Phi) is 2.95. The zero-order valence-electron chi connectivity index (χ0n) is 10.2. The van der Waals surface area contributed by atoms with Gasteiger partial charge in [-0.1, -0.05) is 6.92 Å². The van der Waals surface area contributed by atoms with Gasteiger partial charge in [-0.3, -0.25) is 4.57 Å². The molecule has 1 unspecified atom stereocenters. The summed E-state index contributed by atoms with van der Waals surface area (Å²) in [5.74, 6) is 0.916. The smallest absolute Gasteiger partial charge is 0.138 e. The minimum absolute atomic E-state index is 0.144. The molecule has 0 amide bonds. The molecule has 5 heteroatoms. The summed E-state index contributed by atoms with van der Waals surface area (Å²) in [6.07, 6.45) is 6.75. The summed E-state index contributed by atoms with van der Waals surface area (Å²) in [6, 6.07) is 4.00. The van der Waals surface area contributed by atoms with E-state index in [1.165, 1.54) is 5.69 Å². The number of nitrogens with zero attached hydrogens (tertiary/aromatic N) is 3. The molecule has 3 heterocycles. The second-order valence-corrected chi connectivity index (χ2v) is 5.89. The van der Waals surface area contributed by atoms with Crippen molar-refractivity contribution in [1.29, 1.82) is 0 Å². The summed E-state index contributed by atoms with van der Waals surface area (Å²) in [7, 11) is 0. The number of pyridine rings is 1. The maximum Gasteiger partial charge on any atom is 0.138 e. The first-order valence-corrected chi connectivity index (χ1v) is 6.84. The quantitative estimate of drug-likeness (QED) is 0.925. The number of hydrogen-bond acceptors (Lipinski definition) is 3. The van der Waals surface area contributed by atoms with Crippen molar-refractivity contribution in [1.82, 2.24) is 19.9 Å². The van der Waals surface area contributed by atoms with Crippen molar-refractivity contribution >= 4 is 15.9 Å². The van der Waals surface area contributed by atoms with Gasteiger partial charge < -0.3 is 5.32 Å². The third-order valence-corrected chi connectivity index (χ3v) is 4.05. The van der Waals surface area contributed by atoms with E-state index >= 15 is 0 Å². The van der Waals surface area contributed by atoms with E-state index in [1.807, 2.05) is 30.9 Å². The lowest BCUT2D eigenvalue weighted by molar-refractivity contribution is 0.497. The van der Waals surface area contributed by atoms with E-state index in [0.717, 1.165) is 29.8 Å². The normalized spacial score (nSPS) is 23.4. The summed E-state index contributed by atoms with van der Waals surface area (Å²) >= 11 is 3.41. The monoisotopic (exact) mass is 306 g/mol. The van der Waals surface area contributed by atoms with Gasteiger partial charge in [0.05, 0.1) is 5.69 Å². The Hall–Kier alpha value is -1.20. The van der Waals surface area contributed by atoms with Crippen LogP contribution in [0, 0.1) is 0 Å². The molecule has 0 saturated carbocycles. The molecule has 18 heavy (non-hydrogen) atoms. The van der Waals surface area contributed by atoms with Crippen molar-refractivity contribution in [3.63, 3.8) is 0 Å². The Morgan fingerprint density at radius 2 is 2.28 bits per heavy atom. The summed E-state index contributed by atoms with van der Waals surface area (Å²) < 4.78 is 3.07. The van der Waals surface area contributed by atoms with E-state index in [2.05, 4.69) is 42.7 Å². The summed E-state index contributed by atoms with van der Waals surface area (Å²) in [5.41, 5.74) is 1.37. The maximum absolute atomic E-state index is 4.44. The van der Waals surface area contributed by atoms with Crippen LogP contribution in [0.1, 0.15) is 19.0 Å². The van der Waals surface area contributed by atoms with Gasteiger partial charge in [0, 0.05) is 28.8 Å². The number of hydrogen-bond donors (Lipinski definition) is 1. The van der Waals surface area contributed by atoms with Crippen LogP contribution in [0.2, 0.25) is 0 Å². The first-order valence-electron chi connectivity index (χ1n) is 6.04. The number of aromatic nitrogens is 3. The van der Waals surface area contributed by atoms with Gasteiger partial charge in [-0.2, -0.15) is 0 Å². The fourth-order valence-corrected chi connectivity index (χ4v) is 2.70. The molecule has 4 nitrogen and oxygen atoms in total. The van der Waals surface area contributed by atoms with E-state index in [4.69, 9.17) is 0 Å². The molecule has 0 aliphatic carbocycles. The Labute approximate surface area is 115 Å². The lowest BCUT2D eigenvalue weighted by Gasteiger charge is -2.23. The highest BCUT2D eigenvalue weighted by Crippen LogP contribution is 2.31. The van der Waals surface area contributed by atoms with Crippen molar-refractivity contribution in [2.24, 2.45) is 0 Å². The van der Waals surface area contributed by atoms with Gasteiger partial charge in [0.15, 0.2) is 0 Å². The SMILES string of the molecule is CC1(c2cncn2-c2ccc(Br)cn2)CCNC1. The Morgan fingerprint density at radius 1 is 1.39 bits per heavy atom. The van der Waals surface area contributed by atoms with E-state index in [1.54, 1.807) is 0 Å². The van der Waals surface area contributed by atoms with Crippen molar-refractivity contribution < 1.29 is 0 Å². The van der Waals surface area contributed by atoms with Gasteiger partial charge in [0.2, 0.25) is 0 Å². The topological polar surface area (TPSA) is 42.7 Å². The Bertz CT molecular complexity index is 540. The zero-order chi connectivity index (χ0) is 12.6. The first kappa shape index (κ1) is 11.9. The second kappa shape index (κ2) is 4.48. The average molecular weight is 307 g/mol. The number of nitrogens with one attached hydrogen (secondary N) is 1. The van der Waals surface area contributed by atoms with Crippen LogP contribution in [0.25, 0.3) is 5.82 Å². The first-order chi connectivity index (χ1) is 8.69. The van der Waals surface area contributed by atoms with Gasteiger partial charge in [0.25, 0.3) is 0 Å². The standard InChI is InChI=1S/C13H15BrN4/c1-13(4-5-15-8-13)11-7-16-9-18(11)12-3-2-10(14)6-17-12/h2-3,6-7,9,15H,4-5,8H2,1H3. The van der Waals surface area contributed by atoms with E-state index in [9.17, 15) is 0 Å². The highest BCUT2D eigenvalue weighted by atomic mass is 79.9. The zero-order valence-corrected chi connectivity index (χ0v) is 11.8. The second-order valence-electron chi connectivity index (χ2n) is 4.97. The lowest BCUT2D eigenvalue weighted by atomic mass is 9.86. The summed E-state index contributed by atoms with van der Waals surface area (Å²) in [6.45, 7) is 4.34. The fraction of sp³-hybridized carbons (Fsp3) is 0.385. The molecule has 0 aromatic carbocycles. The van der Waals surface area contributed by atoms with Crippen molar-refractivity contribution in [2.75, 3.05) is 13.1 Å². The molecular weight excluding hydrogens is 292 g/mol. The van der Waals surface area contributed by atoms with Gasteiger partial charge in [-0.05, 0) is 41.0 Å². The van der Waals surface area contributed by atoms with Crippen LogP contribution in [0.3, 0.4) is 0 Å². The van der Waals surface area contributed by atoms with Crippen LogP contribution in [-0.2, 0) is 5.41 Å². The fourth-order valence-electron chi connectivity index (χ4n) is 2.47. The molecular formula is C13H15BrN4. The van der Waals surface area contributed by atoms with E-state index in [-0.39, 0.29) is 5.41 Å². The van der Waals surface area contributed by atoms with Gasteiger partial charge >= 0.3 is 0 Å². The van der Waals surface area contributed by atoms with Crippen molar-refractivity contribution in [3.8, 4) is 5.82 Å². The van der Waals surface area contributed by atoms with Gasteiger partial charge in [-0.15, -0.1) is 0 Å². The number of rotatable bonds is 2.